The Balaban J connectivity index is 1.40. The lowest BCUT2D eigenvalue weighted by Crippen LogP contribution is -2.44. The van der Waals surface area contributed by atoms with Crippen LogP contribution >= 0.6 is 0 Å². The maximum absolute atomic E-state index is 12.5. The minimum absolute atomic E-state index is 0.180. The van der Waals surface area contributed by atoms with Gasteiger partial charge in [-0.05, 0) is 30.9 Å². The molecular formula is C19H23N5O5. The van der Waals surface area contributed by atoms with E-state index in [-0.39, 0.29) is 17.8 Å². The van der Waals surface area contributed by atoms with Crippen molar-refractivity contribution in [1.29, 1.82) is 0 Å². The van der Waals surface area contributed by atoms with E-state index in [1.807, 2.05) is 12.1 Å². The Morgan fingerprint density at radius 2 is 1.90 bits per heavy atom. The smallest absolute Gasteiger partial charge is 0.321 e. The molecule has 0 unspecified atom stereocenters. The SMILES string of the molecule is COc1ccccc1NC(=O)N1CCC(CNC(=O)C(=O)Nc2ccon2)CC1. The van der Waals surface area contributed by atoms with Crippen LogP contribution in [0.25, 0.3) is 0 Å². The van der Waals surface area contributed by atoms with E-state index in [4.69, 9.17) is 4.74 Å². The highest BCUT2D eigenvalue weighted by molar-refractivity contribution is 6.39. The first-order valence-corrected chi connectivity index (χ1v) is 9.25. The van der Waals surface area contributed by atoms with Gasteiger partial charge >= 0.3 is 17.8 Å². The molecule has 1 aliphatic heterocycles. The molecule has 10 nitrogen and oxygen atoms in total. The number of ether oxygens (including phenoxy) is 1. The van der Waals surface area contributed by atoms with Crippen molar-refractivity contribution >= 4 is 29.4 Å². The number of carbonyl (C=O) groups excluding carboxylic acids is 3. The number of nitrogens with zero attached hydrogens (tertiary/aromatic N) is 2. The maximum atomic E-state index is 12.5. The molecule has 1 aliphatic rings. The first-order chi connectivity index (χ1) is 14.1. The van der Waals surface area contributed by atoms with Crippen molar-refractivity contribution in [2.24, 2.45) is 5.92 Å². The van der Waals surface area contributed by atoms with E-state index >= 15 is 0 Å². The molecule has 3 N–H and O–H groups in total. The van der Waals surface area contributed by atoms with Crippen LogP contribution in [0.2, 0.25) is 0 Å². The summed E-state index contributed by atoms with van der Waals surface area (Å²) >= 11 is 0. The van der Waals surface area contributed by atoms with Gasteiger partial charge in [0.05, 0.1) is 12.8 Å². The van der Waals surface area contributed by atoms with E-state index in [0.29, 0.717) is 31.1 Å². The number of hydrogen-bond acceptors (Lipinski definition) is 6. The van der Waals surface area contributed by atoms with Crippen molar-refractivity contribution < 1.29 is 23.6 Å². The van der Waals surface area contributed by atoms with Crippen LogP contribution in [0.5, 0.6) is 5.75 Å². The van der Waals surface area contributed by atoms with Crippen LogP contribution in [0.15, 0.2) is 41.1 Å². The van der Waals surface area contributed by atoms with Crippen molar-refractivity contribution in [3.05, 3.63) is 36.6 Å². The Hall–Kier alpha value is -3.56. The summed E-state index contributed by atoms with van der Waals surface area (Å²) in [5.41, 5.74) is 0.618. The molecule has 10 heteroatoms. The zero-order valence-corrected chi connectivity index (χ0v) is 16.0. The maximum Gasteiger partial charge on any atom is 0.321 e. The molecule has 1 saturated heterocycles. The molecule has 2 aromatic rings. The highest BCUT2D eigenvalue weighted by Gasteiger charge is 2.24. The number of carbonyl (C=O) groups is 3. The van der Waals surface area contributed by atoms with E-state index in [0.717, 1.165) is 12.8 Å². The third-order valence-electron chi connectivity index (χ3n) is 4.69. The second-order valence-corrected chi connectivity index (χ2v) is 6.61. The monoisotopic (exact) mass is 401 g/mol. The van der Waals surface area contributed by atoms with Crippen molar-refractivity contribution in [2.75, 3.05) is 37.4 Å². The topological polar surface area (TPSA) is 126 Å². The van der Waals surface area contributed by atoms with Gasteiger partial charge in [0.15, 0.2) is 5.82 Å². The van der Waals surface area contributed by atoms with Crippen molar-refractivity contribution in [2.45, 2.75) is 12.8 Å². The molecule has 2 heterocycles. The summed E-state index contributed by atoms with van der Waals surface area (Å²) in [6.07, 6.45) is 2.75. The fourth-order valence-corrected chi connectivity index (χ4v) is 3.05. The van der Waals surface area contributed by atoms with E-state index in [1.165, 1.54) is 12.3 Å². The molecule has 29 heavy (non-hydrogen) atoms. The van der Waals surface area contributed by atoms with Gasteiger partial charge in [0.2, 0.25) is 0 Å². The molecule has 1 aromatic heterocycles. The van der Waals surface area contributed by atoms with Gasteiger partial charge in [0.1, 0.15) is 12.0 Å². The average molecular weight is 401 g/mol. The lowest BCUT2D eigenvalue weighted by atomic mass is 9.97. The second-order valence-electron chi connectivity index (χ2n) is 6.61. The summed E-state index contributed by atoms with van der Waals surface area (Å²) in [4.78, 5) is 37.9. The summed E-state index contributed by atoms with van der Waals surface area (Å²) in [5.74, 6) is -0.562. The van der Waals surface area contributed by atoms with Crippen LogP contribution in [-0.4, -0.2) is 54.6 Å². The quantitative estimate of drug-likeness (QED) is 0.655. The van der Waals surface area contributed by atoms with Crippen molar-refractivity contribution in [1.82, 2.24) is 15.4 Å². The average Bonchev–Trinajstić information content (AvgIpc) is 3.25. The van der Waals surface area contributed by atoms with Gasteiger partial charge in [-0.3, -0.25) is 14.9 Å². The van der Waals surface area contributed by atoms with Crippen LogP contribution < -0.4 is 20.7 Å². The number of para-hydroxylation sites is 2. The van der Waals surface area contributed by atoms with E-state index in [1.54, 1.807) is 24.1 Å². The highest BCUT2D eigenvalue weighted by Crippen LogP contribution is 2.24. The lowest BCUT2D eigenvalue weighted by Gasteiger charge is -2.32. The minimum Gasteiger partial charge on any atom is -0.495 e. The van der Waals surface area contributed by atoms with Gasteiger partial charge < -0.3 is 24.8 Å². The van der Waals surface area contributed by atoms with Gasteiger partial charge in [-0.1, -0.05) is 17.3 Å². The zero-order chi connectivity index (χ0) is 20.6. The van der Waals surface area contributed by atoms with Crippen LogP contribution in [0.4, 0.5) is 16.3 Å². The van der Waals surface area contributed by atoms with Gasteiger partial charge in [-0.15, -0.1) is 0 Å². The first-order valence-electron chi connectivity index (χ1n) is 9.25. The van der Waals surface area contributed by atoms with Crippen molar-refractivity contribution in [3.63, 3.8) is 0 Å². The second kappa shape index (κ2) is 9.58. The fourth-order valence-electron chi connectivity index (χ4n) is 3.05. The lowest BCUT2D eigenvalue weighted by molar-refractivity contribution is -0.136. The van der Waals surface area contributed by atoms with Gasteiger partial charge in [0, 0.05) is 25.7 Å². The van der Waals surface area contributed by atoms with Gasteiger partial charge in [0.25, 0.3) is 0 Å². The van der Waals surface area contributed by atoms with E-state index in [9.17, 15) is 14.4 Å². The number of hydrogen-bond donors (Lipinski definition) is 3. The molecular weight excluding hydrogens is 378 g/mol. The molecule has 0 aliphatic carbocycles. The summed E-state index contributed by atoms with van der Waals surface area (Å²) < 4.78 is 9.83. The zero-order valence-electron chi connectivity index (χ0n) is 16.0. The molecule has 0 radical (unpaired) electrons. The van der Waals surface area contributed by atoms with Gasteiger partial charge in [-0.25, -0.2) is 4.79 Å². The largest absolute Gasteiger partial charge is 0.495 e. The van der Waals surface area contributed by atoms with Crippen molar-refractivity contribution in [3.8, 4) is 5.75 Å². The molecule has 0 atom stereocenters. The minimum atomic E-state index is -0.799. The molecule has 4 amide bonds. The fraction of sp³-hybridized carbons (Fsp3) is 0.368. The number of benzene rings is 1. The number of amides is 4. The van der Waals surface area contributed by atoms with Gasteiger partial charge in [-0.2, -0.15) is 0 Å². The molecule has 0 spiro atoms. The van der Waals surface area contributed by atoms with Crippen LogP contribution in [0, 0.1) is 5.92 Å². The number of nitrogens with one attached hydrogen (secondary N) is 3. The Labute approximate surface area is 167 Å². The number of anilines is 2. The number of aromatic nitrogens is 1. The normalized spacial score (nSPS) is 14.2. The van der Waals surface area contributed by atoms with Crippen LogP contribution in [0.3, 0.4) is 0 Å². The Bertz CT molecular complexity index is 846. The highest BCUT2D eigenvalue weighted by atomic mass is 16.5. The third kappa shape index (κ3) is 5.47. The molecule has 0 bridgehead atoms. The van der Waals surface area contributed by atoms with E-state index < -0.39 is 11.8 Å². The van der Waals surface area contributed by atoms with Crippen LogP contribution in [0.1, 0.15) is 12.8 Å². The number of likely N-dealkylation sites (tertiary alicyclic amines) is 1. The first kappa shape index (κ1) is 20.2. The number of methoxy groups -OCH3 is 1. The molecule has 3 rings (SSSR count). The summed E-state index contributed by atoms with van der Waals surface area (Å²) in [5, 5.41) is 11.3. The molecule has 1 fully saturated rings. The third-order valence-corrected chi connectivity index (χ3v) is 4.69. The predicted octanol–water partition coefficient (Wildman–Crippen LogP) is 1.68. The Kier molecular flexibility index (Phi) is 6.67. The molecule has 0 saturated carbocycles. The van der Waals surface area contributed by atoms with E-state index in [2.05, 4.69) is 25.6 Å². The van der Waals surface area contributed by atoms with Crippen LogP contribution in [-0.2, 0) is 9.59 Å². The Morgan fingerprint density at radius 1 is 1.14 bits per heavy atom. The Morgan fingerprint density at radius 3 is 2.59 bits per heavy atom. The number of urea groups is 1. The summed E-state index contributed by atoms with van der Waals surface area (Å²) in [7, 11) is 1.55. The molecule has 154 valence electrons. The number of rotatable bonds is 5. The standard InChI is InChI=1S/C19H23N5O5/c1-28-15-5-3-2-4-14(15)21-19(27)24-9-6-13(7-10-24)12-20-17(25)18(26)22-16-8-11-29-23-16/h2-5,8,11,13H,6-7,9-10,12H2,1H3,(H,20,25)(H,21,27)(H,22,23,26). The molecule has 1 aromatic carbocycles. The summed E-state index contributed by atoms with van der Waals surface area (Å²) in [6.45, 7) is 1.49. The predicted molar refractivity (Wildman–Crippen MR) is 104 cm³/mol. The summed E-state index contributed by atoms with van der Waals surface area (Å²) in [6, 6.07) is 8.47. The number of piperidine rings is 1.